The fourth-order valence-corrected chi connectivity index (χ4v) is 3.59. The van der Waals surface area contributed by atoms with E-state index >= 15 is 0 Å². The lowest BCUT2D eigenvalue weighted by atomic mass is 9.93. The van der Waals surface area contributed by atoms with Crippen molar-refractivity contribution >= 4 is 23.3 Å². The molecule has 1 atom stereocenters. The molecule has 0 radical (unpaired) electrons. The van der Waals surface area contributed by atoms with Gasteiger partial charge in [0, 0.05) is 23.0 Å². The number of hydrogen-bond donors (Lipinski definition) is 1. The minimum absolute atomic E-state index is 0.00177. The molecule has 2 aliphatic heterocycles. The van der Waals surface area contributed by atoms with Gasteiger partial charge >= 0.3 is 0 Å². The van der Waals surface area contributed by atoms with Crippen LogP contribution in [0.1, 0.15) is 20.3 Å². The Morgan fingerprint density at radius 3 is 2.67 bits per heavy atom. The van der Waals surface area contributed by atoms with Crippen LogP contribution < -0.4 is 10.1 Å². The molecule has 1 unspecified atom stereocenters. The van der Waals surface area contributed by atoms with Gasteiger partial charge in [-0.05, 0) is 38.1 Å². The first-order valence-corrected chi connectivity index (χ1v) is 9.91. The molecule has 2 aromatic rings. The standard InChI is InChI=1S/C24H23N3O3/c1-3-30-20-13-7-5-11-18(20)17-10-4-6-12-19(17)25-23(29)24(2)16-22(28)27-15-9-8-14-21(27)26-24/h4-15H,3,16H2,1-2H3,(H,25,29). The van der Waals surface area contributed by atoms with Crippen molar-refractivity contribution in [1.29, 1.82) is 0 Å². The summed E-state index contributed by atoms with van der Waals surface area (Å²) in [5.41, 5.74) is 1.18. The van der Waals surface area contributed by atoms with E-state index in [0.717, 1.165) is 16.9 Å². The van der Waals surface area contributed by atoms with Gasteiger partial charge < -0.3 is 10.1 Å². The summed E-state index contributed by atoms with van der Waals surface area (Å²) < 4.78 is 5.76. The highest BCUT2D eigenvalue weighted by molar-refractivity contribution is 6.13. The van der Waals surface area contributed by atoms with E-state index in [1.807, 2.05) is 55.5 Å². The Balaban J connectivity index is 1.66. The summed E-state index contributed by atoms with van der Waals surface area (Å²) in [4.78, 5) is 31.9. The van der Waals surface area contributed by atoms with Crippen LogP contribution in [0.15, 0.2) is 78.0 Å². The third-order valence-electron chi connectivity index (χ3n) is 5.11. The first-order chi connectivity index (χ1) is 14.5. The molecule has 2 amide bonds. The lowest BCUT2D eigenvalue weighted by Crippen LogP contribution is -2.50. The average Bonchev–Trinajstić information content (AvgIpc) is 2.75. The molecule has 0 fully saturated rings. The zero-order valence-corrected chi connectivity index (χ0v) is 17.0. The average molecular weight is 401 g/mol. The smallest absolute Gasteiger partial charge is 0.252 e. The van der Waals surface area contributed by atoms with Gasteiger partial charge in [0.25, 0.3) is 5.91 Å². The summed E-state index contributed by atoms with van der Waals surface area (Å²) in [5, 5.41) is 2.99. The topological polar surface area (TPSA) is 71.0 Å². The van der Waals surface area contributed by atoms with Gasteiger partial charge in [-0.25, -0.2) is 0 Å². The monoisotopic (exact) mass is 401 g/mol. The maximum Gasteiger partial charge on any atom is 0.252 e. The Morgan fingerprint density at radius 1 is 1.13 bits per heavy atom. The fourth-order valence-electron chi connectivity index (χ4n) is 3.59. The van der Waals surface area contributed by atoms with Crippen molar-refractivity contribution in [1.82, 2.24) is 4.90 Å². The summed E-state index contributed by atoms with van der Waals surface area (Å²) in [7, 11) is 0. The zero-order chi connectivity index (χ0) is 21.1. The van der Waals surface area contributed by atoms with Gasteiger partial charge in [0.05, 0.1) is 13.0 Å². The van der Waals surface area contributed by atoms with E-state index < -0.39 is 5.54 Å². The van der Waals surface area contributed by atoms with Crippen LogP contribution in [0, 0.1) is 0 Å². The summed E-state index contributed by atoms with van der Waals surface area (Å²) in [6.45, 7) is 4.16. The number of carbonyl (C=O) groups excluding carboxylic acids is 2. The van der Waals surface area contributed by atoms with Gasteiger partial charge in [-0.1, -0.05) is 42.5 Å². The van der Waals surface area contributed by atoms with Crippen LogP contribution in [-0.4, -0.2) is 34.7 Å². The SMILES string of the molecule is CCOc1ccccc1-c1ccccc1NC(=O)C1(C)CC(=O)N2C=CC=CC2=N1. The normalized spacial score (nSPS) is 19.9. The number of aliphatic imine (C=N–C) groups is 1. The zero-order valence-electron chi connectivity index (χ0n) is 17.0. The second-order valence-corrected chi connectivity index (χ2v) is 7.31. The number of amides is 2. The molecule has 2 aromatic carbocycles. The number of anilines is 1. The Labute approximate surface area is 175 Å². The third kappa shape index (κ3) is 3.64. The van der Waals surface area contributed by atoms with Crippen LogP contribution in [0.4, 0.5) is 5.69 Å². The molecular weight excluding hydrogens is 378 g/mol. The molecule has 2 aliphatic rings. The summed E-state index contributed by atoms with van der Waals surface area (Å²) in [6.07, 6.45) is 6.96. The number of carbonyl (C=O) groups is 2. The number of nitrogens with one attached hydrogen (secondary N) is 1. The fraction of sp³-hybridized carbons (Fsp3) is 0.208. The molecule has 6 heteroatoms. The van der Waals surface area contributed by atoms with Crippen molar-refractivity contribution in [3.8, 4) is 16.9 Å². The third-order valence-corrected chi connectivity index (χ3v) is 5.11. The van der Waals surface area contributed by atoms with Crippen molar-refractivity contribution in [2.45, 2.75) is 25.8 Å². The number of amidine groups is 1. The van der Waals surface area contributed by atoms with E-state index in [0.29, 0.717) is 18.1 Å². The molecule has 4 rings (SSSR count). The predicted octanol–water partition coefficient (Wildman–Crippen LogP) is 4.16. The van der Waals surface area contributed by atoms with Crippen LogP contribution in [-0.2, 0) is 9.59 Å². The molecule has 0 saturated carbocycles. The minimum atomic E-state index is -1.19. The number of para-hydroxylation sites is 2. The molecule has 0 bridgehead atoms. The first kappa shape index (κ1) is 19.6. The van der Waals surface area contributed by atoms with Crippen LogP contribution in [0.5, 0.6) is 5.75 Å². The van der Waals surface area contributed by atoms with Crippen molar-refractivity contribution in [3.63, 3.8) is 0 Å². The molecule has 0 aromatic heterocycles. The van der Waals surface area contributed by atoms with Crippen LogP contribution in [0.25, 0.3) is 11.1 Å². The van der Waals surface area contributed by atoms with E-state index in [1.54, 1.807) is 31.4 Å². The number of allylic oxidation sites excluding steroid dienone is 2. The summed E-state index contributed by atoms with van der Waals surface area (Å²) >= 11 is 0. The first-order valence-electron chi connectivity index (χ1n) is 9.91. The van der Waals surface area contributed by atoms with Gasteiger partial charge in [0.1, 0.15) is 17.1 Å². The van der Waals surface area contributed by atoms with Crippen LogP contribution in [0.3, 0.4) is 0 Å². The minimum Gasteiger partial charge on any atom is -0.493 e. The van der Waals surface area contributed by atoms with E-state index in [1.165, 1.54) is 4.90 Å². The maximum atomic E-state index is 13.2. The molecule has 152 valence electrons. The second kappa shape index (κ2) is 7.99. The molecule has 2 heterocycles. The number of rotatable bonds is 5. The number of nitrogens with zero attached hydrogens (tertiary/aromatic N) is 2. The Morgan fingerprint density at radius 2 is 1.87 bits per heavy atom. The number of benzene rings is 2. The molecular formula is C24H23N3O3. The molecule has 6 nitrogen and oxygen atoms in total. The van der Waals surface area contributed by atoms with E-state index in [2.05, 4.69) is 10.3 Å². The lowest BCUT2D eigenvalue weighted by Gasteiger charge is -2.34. The van der Waals surface area contributed by atoms with Crippen LogP contribution >= 0.6 is 0 Å². The molecule has 1 N–H and O–H groups in total. The highest BCUT2D eigenvalue weighted by Crippen LogP contribution is 2.36. The molecule has 0 saturated heterocycles. The quantitative estimate of drug-likeness (QED) is 0.818. The number of fused-ring (bicyclic) bond motifs is 1. The Kier molecular flexibility index (Phi) is 5.23. The van der Waals surface area contributed by atoms with Crippen molar-refractivity contribution < 1.29 is 14.3 Å². The predicted molar refractivity (Wildman–Crippen MR) is 117 cm³/mol. The van der Waals surface area contributed by atoms with E-state index in [4.69, 9.17) is 4.74 Å². The Bertz CT molecular complexity index is 1090. The van der Waals surface area contributed by atoms with Gasteiger partial charge in [-0.3, -0.25) is 19.5 Å². The molecule has 0 aliphatic carbocycles. The van der Waals surface area contributed by atoms with Gasteiger partial charge in [-0.15, -0.1) is 0 Å². The molecule has 30 heavy (non-hydrogen) atoms. The second-order valence-electron chi connectivity index (χ2n) is 7.31. The summed E-state index contributed by atoms with van der Waals surface area (Å²) in [6, 6.07) is 15.3. The maximum absolute atomic E-state index is 13.2. The Hall–Kier alpha value is -3.67. The van der Waals surface area contributed by atoms with Crippen molar-refractivity contribution in [2.24, 2.45) is 4.99 Å². The number of hydrogen-bond acceptors (Lipinski definition) is 4. The highest BCUT2D eigenvalue weighted by atomic mass is 16.5. The van der Waals surface area contributed by atoms with Gasteiger partial charge in [0.2, 0.25) is 5.91 Å². The molecule has 0 spiro atoms. The number of ether oxygens (including phenoxy) is 1. The van der Waals surface area contributed by atoms with Gasteiger partial charge in [-0.2, -0.15) is 0 Å². The van der Waals surface area contributed by atoms with Crippen molar-refractivity contribution in [3.05, 3.63) is 73.0 Å². The van der Waals surface area contributed by atoms with Gasteiger partial charge in [0.15, 0.2) is 0 Å². The highest BCUT2D eigenvalue weighted by Gasteiger charge is 2.42. The lowest BCUT2D eigenvalue weighted by molar-refractivity contribution is -0.132. The largest absolute Gasteiger partial charge is 0.493 e. The van der Waals surface area contributed by atoms with Crippen molar-refractivity contribution in [2.75, 3.05) is 11.9 Å². The van der Waals surface area contributed by atoms with E-state index in [-0.39, 0.29) is 18.2 Å². The summed E-state index contributed by atoms with van der Waals surface area (Å²) in [5.74, 6) is 0.734. The van der Waals surface area contributed by atoms with E-state index in [9.17, 15) is 9.59 Å². The van der Waals surface area contributed by atoms with Crippen LogP contribution in [0.2, 0.25) is 0 Å².